The summed E-state index contributed by atoms with van der Waals surface area (Å²) in [6.45, 7) is 1.86. The Morgan fingerprint density at radius 2 is 1.87 bits per heavy atom. The van der Waals surface area contributed by atoms with E-state index in [0.29, 0.717) is 5.92 Å². The number of amides is 1. The van der Waals surface area contributed by atoms with E-state index in [1.54, 1.807) is 14.2 Å². The van der Waals surface area contributed by atoms with Crippen LogP contribution < -0.4 is 10.5 Å². The molecule has 1 aromatic rings. The van der Waals surface area contributed by atoms with Gasteiger partial charge in [0.05, 0.1) is 13.7 Å². The van der Waals surface area contributed by atoms with Crippen molar-refractivity contribution in [2.45, 2.75) is 25.3 Å². The van der Waals surface area contributed by atoms with Crippen molar-refractivity contribution in [1.29, 1.82) is 0 Å². The first-order valence-electron chi connectivity index (χ1n) is 7.80. The van der Waals surface area contributed by atoms with Crippen molar-refractivity contribution in [2.24, 2.45) is 11.7 Å². The molecule has 0 spiro atoms. The van der Waals surface area contributed by atoms with Gasteiger partial charge in [0.2, 0.25) is 5.91 Å². The molecular formula is C17H27ClN2O3. The Morgan fingerprint density at radius 3 is 2.39 bits per heavy atom. The number of carbonyl (C=O) groups is 1. The van der Waals surface area contributed by atoms with Crippen LogP contribution in [0.4, 0.5) is 0 Å². The third kappa shape index (κ3) is 5.68. The highest BCUT2D eigenvalue weighted by Crippen LogP contribution is 2.23. The Labute approximate surface area is 144 Å². The fourth-order valence-corrected chi connectivity index (χ4v) is 2.94. The second-order valence-corrected chi connectivity index (χ2v) is 5.88. The molecule has 1 saturated heterocycles. The van der Waals surface area contributed by atoms with Crippen LogP contribution >= 0.6 is 12.4 Å². The van der Waals surface area contributed by atoms with E-state index in [1.807, 2.05) is 17.0 Å². The molecule has 2 N–H and O–H groups in total. The van der Waals surface area contributed by atoms with Gasteiger partial charge < -0.3 is 20.1 Å². The Balaban J connectivity index is 0.00000264. The molecule has 0 saturated carbocycles. The van der Waals surface area contributed by atoms with Gasteiger partial charge in [-0.1, -0.05) is 12.1 Å². The number of halogens is 1. The number of benzene rings is 1. The van der Waals surface area contributed by atoms with E-state index >= 15 is 0 Å². The van der Waals surface area contributed by atoms with E-state index in [-0.39, 0.29) is 24.9 Å². The maximum absolute atomic E-state index is 12.1. The lowest BCUT2D eigenvalue weighted by molar-refractivity contribution is -0.135. The van der Waals surface area contributed by atoms with Crippen molar-refractivity contribution >= 4 is 18.3 Å². The first kappa shape index (κ1) is 19.7. The number of hydrogen-bond acceptors (Lipinski definition) is 4. The van der Waals surface area contributed by atoms with Crippen LogP contribution in [0.5, 0.6) is 5.75 Å². The van der Waals surface area contributed by atoms with Crippen LogP contribution in [0.2, 0.25) is 0 Å². The van der Waals surface area contributed by atoms with Crippen LogP contribution in [0.1, 0.15) is 18.4 Å². The van der Waals surface area contributed by atoms with Crippen LogP contribution in [-0.4, -0.2) is 50.8 Å². The van der Waals surface area contributed by atoms with Crippen molar-refractivity contribution in [1.82, 2.24) is 4.90 Å². The van der Waals surface area contributed by atoms with E-state index in [9.17, 15) is 4.79 Å². The van der Waals surface area contributed by atoms with Crippen molar-refractivity contribution < 1.29 is 14.3 Å². The fourth-order valence-electron chi connectivity index (χ4n) is 2.94. The summed E-state index contributed by atoms with van der Waals surface area (Å²) in [6, 6.07) is 7.69. The Hall–Kier alpha value is -1.30. The van der Waals surface area contributed by atoms with Crippen LogP contribution in [0, 0.1) is 5.92 Å². The van der Waals surface area contributed by atoms with Gasteiger partial charge in [0.1, 0.15) is 11.8 Å². The Bertz CT molecular complexity index is 473. The van der Waals surface area contributed by atoms with Gasteiger partial charge in [0, 0.05) is 20.2 Å². The maximum atomic E-state index is 12.1. The zero-order valence-corrected chi connectivity index (χ0v) is 14.7. The number of carbonyl (C=O) groups excluding carboxylic acids is 1. The Morgan fingerprint density at radius 1 is 1.26 bits per heavy atom. The van der Waals surface area contributed by atoms with Gasteiger partial charge in [-0.3, -0.25) is 4.79 Å². The third-order valence-corrected chi connectivity index (χ3v) is 4.27. The largest absolute Gasteiger partial charge is 0.497 e. The van der Waals surface area contributed by atoms with Crippen molar-refractivity contribution in [3.05, 3.63) is 29.8 Å². The van der Waals surface area contributed by atoms with E-state index < -0.39 is 6.04 Å². The molecule has 1 unspecified atom stereocenters. The monoisotopic (exact) mass is 342 g/mol. The van der Waals surface area contributed by atoms with E-state index in [4.69, 9.17) is 15.2 Å². The molecule has 1 aliphatic heterocycles. The molecule has 0 radical (unpaired) electrons. The van der Waals surface area contributed by atoms with E-state index in [2.05, 4.69) is 12.1 Å². The smallest absolute Gasteiger partial charge is 0.241 e. The molecule has 1 atom stereocenters. The predicted molar refractivity (Wildman–Crippen MR) is 93.1 cm³/mol. The number of methoxy groups -OCH3 is 2. The zero-order chi connectivity index (χ0) is 15.9. The van der Waals surface area contributed by atoms with Gasteiger partial charge >= 0.3 is 0 Å². The minimum absolute atomic E-state index is 0. The molecule has 1 heterocycles. The summed E-state index contributed by atoms with van der Waals surface area (Å²) in [5, 5.41) is 0. The highest BCUT2D eigenvalue weighted by molar-refractivity contribution is 5.85. The summed E-state index contributed by atoms with van der Waals surface area (Å²) in [6.07, 6.45) is 3.10. The van der Waals surface area contributed by atoms with Crippen molar-refractivity contribution in [2.75, 3.05) is 33.9 Å². The third-order valence-electron chi connectivity index (χ3n) is 4.27. The second kappa shape index (κ2) is 9.75. The van der Waals surface area contributed by atoms with Gasteiger partial charge in [-0.05, 0) is 42.9 Å². The standard InChI is InChI=1S/C17H26N2O3.ClH/c1-21-12-16(18)17(20)19-9-7-14(8-10-19)11-13-3-5-15(22-2)6-4-13;/h3-6,14,16H,7-12,18H2,1-2H3;1H. The molecule has 130 valence electrons. The highest BCUT2D eigenvalue weighted by Gasteiger charge is 2.26. The molecule has 1 fully saturated rings. The molecule has 5 nitrogen and oxygen atoms in total. The fraction of sp³-hybridized carbons (Fsp3) is 0.588. The normalized spacial score (nSPS) is 16.6. The first-order chi connectivity index (χ1) is 10.6. The average Bonchev–Trinajstić information content (AvgIpc) is 2.56. The predicted octanol–water partition coefficient (Wildman–Crippen LogP) is 1.87. The van der Waals surface area contributed by atoms with Gasteiger partial charge in [-0.2, -0.15) is 0 Å². The number of likely N-dealkylation sites (tertiary alicyclic amines) is 1. The molecule has 1 aliphatic rings. The molecule has 0 aromatic heterocycles. The summed E-state index contributed by atoms with van der Waals surface area (Å²) >= 11 is 0. The molecule has 2 rings (SSSR count). The van der Waals surface area contributed by atoms with Crippen LogP contribution in [0.3, 0.4) is 0 Å². The highest BCUT2D eigenvalue weighted by atomic mass is 35.5. The number of rotatable bonds is 6. The van der Waals surface area contributed by atoms with Crippen LogP contribution in [0.25, 0.3) is 0 Å². The molecular weight excluding hydrogens is 316 g/mol. The maximum Gasteiger partial charge on any atom is 0.241 e. The molecule has 0 bridgehead atoms. The number of hydrogen-bond donors (Lipinski definition) is 1. The summed E-state index contributed by atoms with van der Waals surface area (Å²) in [5.74, 6) is 1.51. The molecule has 6 heteroatoms. The zero-order valence-electron chi connectivity index (χ0n) is 13.9. The van der Waals surface area contributed by atoms with Crippen molar-refractivity contribution in [3.8, 4) is 5.75 Å². The lowest BCUT2D eigenvalue weighted by Crippen LogP contribution is -2.49. The van der Waals surface area contributed by atoms with Crippen LogP contribution in [-0.2, 0) is 16.0 Å². The average molecular weight is 343 g/mol. The SMILES string of the molecule is COCC(N)C(=O)N1CCC(Cc2ccc(OC)cc2)CC1.Cl. The molecule has 1 amide bonds. The lowest BCUT2D eigenvalue weighted by atomic mass is 9.90. The second-order valence-electron chi connectivity index (χ2n) is 5.88. The van der Waals surface area contributed by atoms with E-state index in [1.165, 1.54) is 5.56 Å². The summed E-state index contributed by atoms with van der Waals surface area (Å²) in [7, 11) is 3.24. The number of piperidine rings is 1. The molecule has 0 aliphatic carbocycles. The van der Waals surface area contributed by atoms with Gasteiger partial charge in [-0.15, -0.1) is 12.4 Å². The number of ether oxygens (including phenoxy) is 2. The Kier molecular flexibility index (Phi) is 8.37. The van der Waals surface area contributed by atoms with E-state index in [0.717, 1.165) is 38.1 Å². The topological polar surface area (TPSA) is 64.8 Å². The summed E-state index contributed by atoms with van der Waals surface area (Å²) in [4.78, 5) is 14.0. The van der Waals surface area contributed by atoms with Crippen LogP contribution in [0.15, 0.2) is 24.3 Å². The lowest BCUT2D eigenvalue weighted by Gasteiger charge is -2.33. The van der Waals surface area contributed by atoms with Gasteiger partial charge in [0.15, 0.2) is 0 Å². The minimum atomic E-state index is -0.539. The summed E-state index contributed by atoms with van der Waals surface area (Å²) in [5.41, 5.74) is 7.14. The quantitative estimate of drug-likeness (QED) is 0.857. The minimum Gasteiger partial charge on any atom is -0.497 e. The summed E-state index contributed by atoms with van der Waals surface area (Å²) < 4.78 is 10.1. The molecule has 1 aromatic carbocycles. The molecule has 23 heavy (non-hydrogen) atoms. The number of nitrogens with zero attached hydrogens (tertiary/aromatic N) is 1. The van der Waals surface area contributed by atoms with Gasteiger partial charge in [-0.25, -0.2) is 0 Å². The van der Waals surface area contributed by atoms with Gasteiger partial charge in [0.25, 0.3) is 0 Å². The number of nitrogens with two attached hydrogens (primary N) is 1. The van der Waals surface area contributed by atoms with Crippen molar-refractivity contribution in [3.63, 3.8) is 0 Å². The first-order valence-corrected chi connectivity index (χ1v) is 7.80.